The fourth-order valence-electron chi connectivity index (χ4n) is 0.985. The number of rotatable bonds is 4. The van der Waals surface area contributed by atoms with Crippen LogP contribution in [0.3, 0.4) is 0 Å². The molecule has 0 aliphatic rings. The molecule has 0 aliphatic carbocycles. The van der Waals surface area contributed by atoms with Crippen molar-refractivity contribution in [3.8, 4) is 0 Å². The monoisotopic (exact) mass is 205 g/mol. The second-order valence-electron chi connectivity index (χ2n) is 2.58. The summed E-state index contributed by atoms with van der Waals surface area (Å²) in [6, 6.07) is -1.53. The van der Waals surface area contributed by atoms with Crippen LogP contribution < -0.4 is 0 Å². The molecule has 0 aromatic rings. The summed E-state index contributed by atoms with van der Waals surface area (Å²) in [6.45, 7) is 1.64. The Morgan fingerprint density at radius 3 is 1.79 bits per heavy atom. The van der Waals surface area contributed by atoms with Gasteiger partial charge in [-0.3, -0.25) is 0 Å². The van der Waals surface area contributed by atoms with Gasteiger partial charge in [-0.25, -0.2) is 14.4 Å². The zero-order valence-corrected chi connectivity index (χ0v) is 7.51. The molecule has 3 N–H and O–H groups in total. The Bertz CT molecular complexity index is 237. The van der Waals surface area contributed by atoms with Crippen molar-refractivity contribution in [3.63, 3.8) is 0 Å². The summed E-state index contributed by atoms with van der Waals surface area (Å²) >= 11 is 0. The van der Waals surface area contributed by atoms with Crippen LogP contribution in [-0.4, -0.2) is 44.4 Å². The van der Waals surface area contributed by atoms with E-state index in [2.05, 4.69) is 0 Å². The molecule has 0 aliphatic heterocycles. The SMILES string of the molecule is CCC[C@@H](C(=O)O)N(C(=O)O)C(=O)O. The molecule has 0 radical (unpaired) electrons. The summed E-state index contributed by atoms with van der Waals surface area (Å²) in [4.78, 5) is 31.4. The van der Waals surface area contributed by atoms with E-state index in [0.717, 1.165) is 0 Å². The first-order valence-corrected chi connectivity index (χ1v) is 3.89. The molecule has 1 atom stereocenters. The molecule has 0 spiro atoms. The standard InChI is InChI=1S/C7H11NO6/c1-2-3-4(5(9)10)8(6(11)12)7(13)14/h4H,2-3H2,1H3,(H,9,10)(H,11,12)(H,13,14)/t4-/m0/s1. The summed E-state index contributed by atoms with van der Waals surface area (Å²) in [5.74, 6) is -1.46. The van der Waals surface area contributed by atoms with Crippen molar-refractivity contribution in [2.24, 2.45) is 0 Å². The van der Waals surface area contributed by atoms with Crippen LogP contribution >= 0.6 is 0 Å². The Hall–Kier alpha value is -1.79. The van der Waals surface area contributed by atoms with Crippen LogP contribution in [0.5, 0.6) is 0 Å². The number of hydrogen-bond donors (Lipinski definition) is 3. The first-order valence-electron chi connectivity index (χ1n) is 3.89. The first-order chi connectivity index (χ1) is 6.41. The van der Waals surface area contributed by atoms with Gasteiger partial charge >= 0.3 is 18.2 Å². The van der Waals surface area contributed by atoms with Gasteiger partial charge in [0.15, 0.2) is 0 Å². The fourth-order valence-corrected chi connectivity index (χ4v) is 0.985. The maximum atomic E-state index is 10.6. The predicted octanol–water partition coefficient (Wildman–Crippen LogP) is 0.898. The largest absolute Gasteiger partial charge is 0.480 e. The Labute approximate surface area is 79.6 Å². The number of carboxylic acid groups (broad SMARTS) is 3. The zero-order valence-electron chi connectivity index (χ0n) is 7.51. The van der Waals surface area contributed by atoms with Crippen molar-refractivity contribution in [3.05, 3.63) is 0 Å². The van der Waals surface area contributed by atoms with Gasteiger partial charge < -0.3 is 15.3 Å². The summed E-state index contributed by atoms with van der Waals surface area (Å²) in [5, 5.41) is 25.5. The van der Waals surface area contributed by atoms with Crippen LogP contribution in [0.1, 0.15) is 19.8 Å². The smallest absolute Gasteiger partial charge is 0.417 e. The van der Waals surface area contributed by atoms with E-state index in [1.165, 1.54) is 0 Å². The van der Waals surface area contributed by atoms with Gasteiger partial charge in [0.05, 0.1) is 0 Å². The normalized spacial score (nSPS) is 11.8. The number of amides is 2. The van der Waals surface area contributed by atoms with Crippen LogP contribution in [0.15, 0.2) is 0 Å². The van der Waals surface area contributed by atoms with E-state index in [-0.39, 0.29) is 11.3 Å². The molecule has 0 heterocycles. The highest BCUT2D eigenvalue weighted by Gasteiger charge is 2.33. The van der Waals surface area contributed by atoms with Crippen molar-refractivity contribution in [1.29, 1.82) is 0 Å². The highest BCUT2D eigenvalue weighted by molar-refractivity contribution is 5.91. The number of carboxylic acids is 1. The minimum atomic E-state index is -1.78. The molecular formula is C7H11NO6. The molecule has 0 aromatic heterocycles. The third-order valence-corrected chi connectivity index (χ3v) is 1.57. The van der Waals surface area contributed by atoms with E-state index in [1.807, 2.05) is 0 Å². The van der Waals surface area contributed by atoms with Gasteiger partial charge in [0.2, 0.25) is 0 Å². The van der Waals surface area contributed by atoms with Gasteiger partial charge in [0, 0.05) is 0 Å². The van der Waals surface area contributed by atoms with Crippen molar-refractivity contribution in [1.82, 2.24) is 4.90 Å². The van der Waals surface area contributed by atoms with E-state index >= 15 is 0 Å². The zero-order chi connectivity index (χ0) is 11.3. The molecule has 0 saturated carbocycles. The molecule has 2 amide bonds. The summed E-state index contributed by atoms with van der Waals surface area (Å²) in [7, 11) is 0. The van der Waals surface area contributed by atoms with Crippen LogP contribution in [0.4, 0.5) is 9.59 Å². The van der Waals surface area contributed by atoms with Gasteiger partial charge in [0.1, 0.15) is 6.04 Å². The van der Waals surface area contributed by atoms with Gasteiger partial charge in [-0.05, 0) is 6.42 Å². The number of nitrogens with zero attached hydrogens (tertiary/aromatic N) is 1. The molecule has 14 heavy (non-hydrogen) atoms. The molecule has 0 unspecified atom stereocenters. The molecule has 0 aromatic carbocycles. The van der Waals surface area contributed by atoms with Crippen LogP contribution in [0.25, 0.3) is 0 Å². The van der Waals surface area contributed by atoms with Crippen LogP contribution in [-0.2, 0) is 4.79 Å². The molecule has 80 valence electrons. The van der Waals surface area contributed by atoms with Gasteiger partial charge in [-0.2, -0.15) is 4.90 Å². The highest BCUT2D eigenvalue weighted by Crippen LogP contribution is 2.08. The Balaban J connectivity index is 4.82. The lowest BCUT2D eigenvalue weighted by molar-refractivity contribution is -0.142. The van der Waals surface area contributed by atoms with Gasteiger partial charge in [-0.15, -0.1) is 0 Å². The third-order valence-electron chi connectivity index (χ3n) is 1.57. The molecular weight excluding hydrogens is 194 g/mol. The molecule has 0 saturated heterocycles. The highest BCUT2D eigenvalue weighted by atomic mass is 16.4. The third kappa shape index (κ3) is 2.92. The topological polar surface area (TPSA) is 115 Å². The Kier molecular flexibility index (Phi) is 4.41. The van der Waals surface area contributed by atoms with Crippen LogP contribution in [0.2, 0.25) is 0 Å². The minimum absolute atomic E-state index is 0.0338. The number of hydrogen-bond acceptors (Lipinski definition) is 3. The van der Waals surface area contributed by atoms with E-state index in [1.54, 1.807) is 6.92 Å². The minimum Gasteiger partial charge on any atom is -0.480 e. The molecule has 7 heteroatoms. The molecule has 0 fully saturated rings. The summed E-state index contributed by atoms with van der Waals surface area (Å²) < 4.78 is 0. The van der Waals surface area contributed by atoms with Crippen molar-refractivity contribution < 1.29 is 29.7 Å². The predicted molar refractivity (Wildman–Crippen MR) is 44.2 cm³/mol. The number of aliphatic carboxylic acids is 1. The van der Waals surface area contributed by atoms with E-state index in [0.29, 0.717) is 6.42 Å². The maximum absolute atomic E-state index is 10.6. The Morgan fingerprint density at radius 1 is 1.14 bits per heavy atom. The molecule has 0 bridgehead atoms. The first kappa shape index (κ1) is 12.2. The van der Waals surface area contributed by atoms with Crippen molar-refractivity contribution >= 4 is 18.2 Å². The van der Waals surface area contributed by atoms with Crippen molar-refractivity contribution in [2.75, 3.05) is 0 Å². The van der Waals surface area contributed by atoms with E-state index in [9.17, 15) is 14.4 Å². The molecule has 7 nitrogen and oxygen atoms in total. The van der Waals surface area contributed by atoms with Gasteiger partial charge in [-0.1, -0.05) is 13.3 Å². The maximum Gasteiger partial charge on any atom is 0.417 e. The summed E-state index contributed by atoms with van der Waals surface area (Å²) in [5.41, 5.74) is 0. The average Bonchev–Trinajstić information content (AvgIpc) is 2.01. The second-order valence-corrected chi connectivity index (χ2v) is 2.58. The van der Waals surface area contributed by atoms with Crippen LogP contribution in [0, 0.1) is 0 Å². The molecule has 0 rings (SSSR count). The quantitative estimate of drug-likeness (QED) is 0.627. The summed E-state index contributed by atoms with van der Waals surface area (Å²) in [6.07, 6.45) is -3.21. The number of carbonyl (C=O) groups is 3. The number of imide groups is 1. The van der Waals surface area contributed by atoms with E-state index < -0.39 is 24.2 Å². The van der Waals surface area contributed by atoms with Crippen molar-refractivity contribution in [2.45, 2.75) is 25.8 Å². The fraction of sp³-hybridized carbons (Fsp3) is 0.571. The average molecular weight is 205 g/mol. The Morgan fingerprint density at radius 2 is 1.57 bits per heavy atom. The lowest BCUT2D eigenvalue weighted by Gasteiger charge is -2.20. The second kappa shape index (κ2) is 5.05. The van der Waals surface area contributed by atoms with E-state index in [4.69, 9.17) is 15.3 Å². The van der Waals surface area contributed by atoms with Gasteiger partial charge in [0.25, 0.3) is 0 Å². The lowest BCUT2D eigenvalue weighted by Crippen LogP contribution is -2.47. The lowest BCUT2D eigenvalue weighted by atomic mass is 10.1.